The lowest BCUT2D eigenvalue weighted by atomic mass is 9.94. The van der Waals surface area contributed by atoms with Crippen molar-refractivity contribution < 1.29 is 4.74 Å². The van der Waals surface area contributed by atoms with Crippen LogP contribution in [0.5, 0.6) is 5.75 Å². The van der Waals surface area contributed by atoms with E-state index in [1.165, 1.54) is 16.7 Å². The SMILES string of the molecule is NCC1Cc2cc(-c3ccccc3)cc(-c3ccc(Cl)cc3)c2O1. The van der Waals surface area contributed by atoms with Crippen LogP contribution in [0.3, 0.4) is 0 Å². The number of benzene rings is 3. The first kappa shape index (κ1) is 15.3. The average molecular weight is 336 g/mol. The highest BCUT2D eigenvalue weighted by atomic mass is 35.5. The van der Waals surface area contributed by atoms with Gasteiger partial charge in [-0.25, -0.2) is 0 Å². The summed E-state index contributed by atoms with van der Waals surface area (Å²) in [6.07, 6.45) is 0.907. The van der Waals surface area contributed by atoms with E-state index < -0.39 is 0 Å². The van der Waals surface area contributed by atoms with Gasteiger partial charge in [-0.15, -0.1) is 0 Å². The lowest BCUT2D eigenvalue weighted by Gasteiger charge is -2.13. The Labute approximate surface area is 146 Å². The standard InChI is InChI=1S/C21H18ClNO/c22-18-8-6-15(7-9-18)20-12-16(14-4-2-1-3-5-14)10-17-11-19(13-23)24-21(17)20/h1-10,12,19H,11,13,23H2. The summed E-state index contributed by atoms with van der Waals surface area (Å²) >= 11 is 6.04. The molecule has 0 fully saturated rings. The van der Waals surface area contributed by atoms with Crippen molar-refractivity contribution >= 4 is 11.6 Å². The Balaban J connectivity index is 1.88. The van der Waals surface area contributed by atoms with Crippen molar-refractivity contribution in [2.24, 2.45) is 5.73 Å². The molecule has 0 saturated carbocycles. The summed E-state index contributed by atoms with van der Waals surface area (Å²) in [5.41, 5.74) is 11.6. The zero-order valence-electron chi connectivity index (χ0n) is 13.2. The average Bonchev–Trinajstić information content (AvgIpc) is 3.05. The van der Waals surface area contributed by atoms with Gasteiger partial charge in [0, 0.05) is 23.6 Å². The maximum Gasteiger partial charge on any atom is 0.131 e. The highest BCUT2D eigenvalue weighted by Gasteiger charge is 2.26. The molecule has 1 aliphatic rings. The molecule has 24 heavy (non-hydrogen) atoms. The predicted molar refractivity (Wildman–Crippen MR) is 99.5 cm³/mol. The second-order valence-electron chi connectivity index (χ2n) is 6.06. The Bertz CT molecular complexity index is 859. The third-order valence-corrected chi connectivity index (χ3v) is 4.68. The lowest BCUT2D eigenvalue weighted by molar-refractivity contribution is 0.242. The van der Waals surface area contributed by atoms with Gasteiger partial charge in [0.2, 0.25) is 0 Å². The predicted octanol–water partition coefficient (Wildman–Crippen LogP) is 4.94. The summed E-state index contributed by atoms with van der Waals surface area (Å²) in [5.74, 6) is 0.951. The first-order chi connectivity index (χ1) is 11.7. The first-order valence-electron chi connectivity index (χ1n) is 8.09. The van der Waals surface area contributed by atoms with Crippen LogP contribution < -0.4 is 10.5 Å². The fourth-order valence-corrected chi connectivity index (χ4v) is 3.33. The smallest absolute Gasteiger partial charge is 0.131 e. The largest absolute Gasteiger partial charge is 0.488 e. The highest BCUT2D eigenvalue weighted by Crippen LogP contribution is 2.42. The molecule has 0 aliphatic carbocycles. The van der Waals surface area contributed by atoms with Gasteiger partial charge in [-0.05, 0) is 46.5 Å². The van der Waals surface area contributed by atoms with Crippen molar-refractivity contribution in [1.82, 2.24) is 0 Å². The van der Waals surface area contributed by atoms with Gasteiger partial charge in [0.15, 0.2) is 0 Å². The molecule has 1 atom stereocenters. The minimum absolute atomic E-state index is 0.0528. The van der Waals surface area contributed by atoms with Crippen LogP contribution in [0.2, 0.25) is 5.02 Å². The Kier molecular flexibility index (Phi) is 4.01. The maximum absolute atomic E-state index is 6.10. The van der Waals surface area contributed by atoms with Crippen LogP contribution in [0.25, 0.3) is 22.3 Å². The summed E-state index contributed by atoms with van der Waals surface area (Å²) in [4.78, 5) is 0. The Morgan fingerprint density at radius 2 is 1.67 bits per heavy atom. The normalized spacial score (nSPS) is 15.8. The minimum atomic E-state index is 0.0528. The quantitative estimate of drug-likeness (QED) is 0.736. The van der Waals surface area contributed by atoms with Gasteiger partial charge in [0.05, 0.1) is 0 Å². The zero-order chi connectivity index (χ0) is 16.5. The van der Waals surface area contributed by atoms with Gasteiger partial charge < -0.3 is 10.5 Å². The summed E-state index contributed by atoms with van der Waals surface area (Å²) in [7, 11) is 0. The number of halogens is 1. The fraction of sp³-hybridized carbons (Fsp3) is 0.143. The van der Waals surface area contributed by atoms with Crippen molar-refractivity contribution in [3.63, 3.8) is 0 Å². The van der Waals surface area contributed by atoms with E-state index in [2.05, 4.69) is 36.4 Å². The van der Waals surface area contributed by atoms with Crippen molar-refractivity contribution in [3.8, 4) is 28.0 Å². The van der Waals surface area contributed by atoms with Gasteiger partial charge in [-0.1, -0.05) is 54.1 Å². The van der Waals surface area contributed by atoms with E-state index in [1.54, 1.807) is 0 Å². The second kappa shape index (κ2) is 6.31. The zero-order valence-corrected chi connectivity index (χ0v) is 14.0. The Morgan fingerprint density at radius 3 is 2.38 bits per heavy atom. The third kappa shape index (κ3) is 2.79. The molecule has 4 rings (SSSR count). The van der Waals surface area contributed by atoms with E-state index in [1.807, 2.05) is 30.3 Å². The molecule has 1 heterocycles. The minimum Gasteiger partial charge on any atom is -0.488 e. The number of nitrogens with two attached hydrogens (primary N) is 1. The van der Waals surface area contributed by atoms with Gasteiger partial charge >= 0.3 is 0 Å². The fourth-order valence-electron chi connectivity index (χ4n) is 3.21. The van der Waals surface area contributed by atoms with Gasteiger partial charge in [0.25, 0.3) is 0 Å². The van der Waals surface area contributed by atoms with Crippen molar-refractivity contribution in [1.29, 1.82) is 0 Å². The molecule has 0 bridgehead atoms. The van der Waals surface area contributed by atoms with Crippen LogP contribution in [0.15, 0.2) is 66.7 Å². The molecule has 3 heteroatoms. The van der Waals surface area contributed by atoms with Crippen molar-refractivity contribution in [2.75, 3.05) is 6.54 Å². The lowest BCUT2D eigenvalue weighted by Crippen LogP contribution is -2.24. The van der Waals surface area contributed by atoms with Crippen molar-refractivity contribution in [3.05, 3.63) is 77.3 Å². The number of hydrogen-bond acceptors (Lipinski definition) is 2. The summed E-state index contributed by atoms with van der Waals surface area (Å²) in [6, 6.07) is 22.7. The number of hydrogen-bond donors (Lipinski definition) is 1. The van der Waals surface area contributed by atoms with E-state index in [0.29, 0.717) is 6.54 Å². The topological polar surface area (TPSA) is 35.2 Å². The monoisotopic (exact) mass is 335 g/mol. The highest BCUT2D eigenvalue weighted by molar-refractivity contribution is 6.30. The molecule has 0 aromatic heterocycles. The molecule has 0 saturated heterocycles. The Morgan fingerprint density at radius 1 is 0.917 bits per heavy atom. The Hall–Kier alpha value is -2.29. The van der Waals surface area contributed by atoms with Gasteiger partial charge in [0.1, 0.15) is 11.9 Å². The second-order valence-corrected chi connectivity index (χ2v) is 6.50. The molecule has 1 aliphatic heterocycles. The third-order valence-electron chi connectivity index (χ3n) is 4.42. The van der Waals surface area contributed by atoms with Crippen LogP contribution in [-0.4, -0.2) is 12.6 Å². The molecular formula is C21H18ClNO. The van der Waals surface area contributed by atoms with Crippen LogP contribution in [0.4, 0.5) is 0 Å². The molecule has 0 radical (unpaired) electrons. The van der Waals surface area contributed by atoms with E-state index in [4.69, 9.17) is 22.1 Å². The van der Waals surface area contributed by atoms with Crippen LogP contribution in [0, 0.1) is 0 Å². The van der Waals surface area contributed by atoms with E-state index in [9.17, 15) is 0 Å². The van der Waals surface area contributed by atoms with Crippen LogP contribution in [0.1, 0.15) is 5.56 Å². The van der Waals surface area contributed by atoms with Crippen LogP contribution in [-0.2, 0) is 6.42 Å². The number of rotatable bonds is 3. The summed E-state index contributed by atoms with van der Waals surface area (Å²) in [6.45, 7) is 0.523. The molecule has 0 amide bonds. The molecule has 120 valence electrons. The first-order valence-corrected chi connectivity index (χ1v) is 8.47. The molecule has 3 aromatic rings. The maximum atomic E-state index is 6.10. The summed E-state index contributed by atoms with van der Waals surface area (Å²) < 4.78 is 6.10. The van der Waals surface area contributed by atoms with E-state index >= 15 is 0 Å². The van der Waals surface area contributed by atoms with Gasteiger partial charge in [-0.2, -0.15) is 0 Å². The van der Waals surface area contributed by atoms with Crippen molar-refractivity contribution in [2.45, 2.75) is 12.5 Å². The summed E-state index contributed by atoms with van der Waals surface area (Å²) in [5, 5.41) is 0.732. The molecular weight excluding hydrogens is 318 g/mol. The molecule has 2 nitrogen and oxygen atoms in total. The van der Waals surface area contributed by atoms with Gasteiger partial charge in [-0.3, -0.25) is 0 Å². The number of ether oxygens (including phenoxy) is 1. The van der Waals surface area contributed by atoms with Crippen LogP contribution >= 0.6 is 11.6 Å². The molecule has 1 unspecified atom stereocenters. The molecule has 0 spiro atoms. The van der Waals surface area contributed by atoms with E-state index in [-0.39, 0.29) is 6.10 Å². The number of fused-ring (bicyclic) bond motifs is 1. The molecule has 3 aromatic carbocycles. The van der Waals surface area contributed by atoms with E-state index in [0.717, 1.165) is 28.3 Å². The molecule has 2 N–H and O–H groups in total.